The average Bonchev–Trinajstić information content (AvgIpc) is 2.37. The minimum absolute atomic E-state index is 0.341. The predicted octanol–water partition coefficient (Wildman–Crippen LogP) is -0.602. The molecule has 0 bridgehead atoms. The molecule has 0 amide bonds. The van der Waals surface area contributed by atoms with Crippen LogP contribution in [0, 0.1) is 5.92 Å². The number of rotatable bonds is 3. The zero-order valence-corrected chi connectivity index (χ0v) is 6.42. The molecule has 1 fully saturated rings. The zero-order valence-electron chi connectivity index (χ0n) is 6.42. The summed E-state index contributed by atoms with van der Waals surface area (Å²) in [5, 5.41) is 11.5. The summed E-state index contributed by atoms with van der Waals surface area (Å²) < 4.78 is 0. The molecule has 1 rings (SSSR count). The topological polar surface area (TPSA) is 75.3 Å². The Morgan fingerprint density at radius 2 is 2.45 bits per heavy atom. The van der Waals surface area contributed by atoms with Crippen molar-refractivity contribution < 1.29 is 9.90 Å². The minimum atomic E-state index is -0.746. The lowest BCUT2D eigenvalue weighted by atomic mass is 10.0. The molecule has 1 aliphatic heterocycles. The summed E-state index contributed by atoms with van der Waals surface area (Å²) in [5.74, 6) is -0.286. The molecule has 0 aliphatic carbocycles. The van der Waals surface area contributed by atoms with E-state index < -0.39 is 5.97 Å². The van der Waals surface area contributed by atoms with Crippen molar-refractivity contribution in [3.63, 3.8) is 0 Å². The van der Waals surface area contributed by atoms with Gasteiger partial charge in [0.25, 0.3) is 0 Å². The minimum Gasteiger partial charge on any atom is -0.480 e. The van der Waals surface area contributed by atoms with Crippen LogP contribution in [0.5, 0.6) is 0 Å². The Morgan fingerprint density at radius 3 is 2.91 bits per heavy atom. The SMILES string of the molecule is NCC[C@H]1CN[C@H](C(=O)O)C1. The first-order valence-electron chi connectivity index (χ1n) is 3.90. The molecule has 0 unspecified atom stereocenters. The van der Waals surface area contributed by atoms with E-state index in [-0.39, 0.29) is 6.04 Å². The summed E-state index contributed by atoms with van der Waals surface area (Å²) in [6.07, 6.45) is 1.66. The van der Waals surface area contributed by atoms with Crippen molar-refractivity contribution in [3.05, 3.63) is 0 Å². The van der Waals surface area contributed by atoms with Crippen LogP contribution in [0.25, 0.3) is 0 Å². The second kappa shape index (κ2) is 3.69. The van der Waals surface area contributed by atoms with Crippen molar-refractivity contribution >= 4 is 5.97 Å². The number of nitrogens with two attached hydrogens (primary N) is 1. The van der Waals surface area contributed by atoms with Gasteiger partial charge in [0, 0.05) is 0 Å². The largest absolute Gasteiger partial charge is 0.480 e. The molecule has 64 valence electrons. The molecule has 1 aliphatic rings. The van der Waals surface area contributed by atoms with Crippen LogP contribution in [0.3, 0.4) is 0 Å². The van der Waals surface area contributed by atoms with E-state index in [4.69, 9.17) is 10.8 Å². The molecule has 0 spiro atoms. The fourth-order valence-corrected chi connectivity index (χ4v) is 1.45. The smallest absolute Gasteiger partial charge is 0.320 e. The van der Waals surface area contributed by atoms with Crippen molar-refractivity contribution in [2.75, 3.05) is 13.1 Å². The number of carbonyl (C=O) groups is 1. The van der Waals surface area contributed by atoms with E-state index in [0.29, 0.717) is 12.5 Å². The maximum atomic E-state index is 10.5. The summed E-state index contributed by atoms with van der Waals surface area (Å²) in [6, 6.07) is -0.341. The third-order valence-electron chi connectivity index (χ3n) is 2.09. The Morgan fingerprint density at radius 1 is 1.73 bits per heavy atom. The number of nitrogens with one attached hydrogen (secondary N) is 1. The van der Waals surface area contributed by atoms with Gasteiger partial charge in [0.2, 0.25) is 0 Å². The first kappa shape index (κ1) is 8.49. The molecule has 4 heteroatoms. The van der Waals surface area contributed by atoms with E-state index in [9.17, 15) is 4.79 Å². The van der Waals surface area contributed by atoms with Gasteiger partial charge in [0.1, 0.15) is 6.04 Å². The number of hydrogen-bond donors (Lipinski definition) is 3. The van der Waals surface area contributed by atoms with Crippen LogP contribution in [0.15, 0.2) is 0 Å². The third-order valence-corrected chi connectivity index (χ3v) is 2.09. The molecule has 0 saturated carbocycles. The van der Waals surface area contributed by atoms with E-state index in [2.05, 4.69) is 5.32 Å². The van der Waals surface area contributed by atoms with E-state index in [1.807, 2.05) is 0 Å². The summed E-state index contributed by atoms with van der Waals surface area (Å²) in [6.45, 7) is 1.45. The quantitative estimate of drug-likeness (QED) is 0.512. The highest BCUT2D eigenvalue weighted by molar-refractivity contribution is 5.73. The third kappa shape index (κ3) is 2.17. The van der Waals surface area contributed by atoms with Crippen LogP contribution in [-0.2, 0) is 4.79 Å². The van der Waals surface area contributed by atoms with Crippen LogP contribution in [0.1, 0.15) is 12.8 Å². The lowest BCUT2D eigenvalue weighted by molar-refractivity contribution is -0.139. The lowest BCUT2D eigenvalue weighted by Gasteiger charge is -2.04. The van der Waals surface area contributed by atoms with Crippen LogP contribution >= 0.6 is 0 Å². The van der Waals surface area contributed by atoms with Gasteiger partial charge in [-0.25, -0.2) is 0 Å². The summed E-state index contributed by atoms with van der Waals surface area (Å²) in [5.41, 5.74) is 5.35. The van der Waals surface area contributed by atoms with Gasteiger partial charge >= 0.3 is 5.97 Å². The van der Waals surface area contributed by atoms with Gasteiger partial charge in [-0.1, -0.05) is 0 Å². The van der Waals surface area contributed by atoms with Gasteiger partial charge in [-0.3, -0.25) is 4.79 Å². The number of hydrogen-bond acceptors (Lipinski definition) is 3. The van der Waals surface area contributed by atoms with Gasteiger partial charge in [-0.05, 0) is 31.8 Å². The van der Waals surface area contributed by atoms with E-state index in [0.717, 1.165) is 19.4 Å². The van der Waals surface area contributed by atoms with E-state index in [1.54, 1.807) is 0 Å². The Bertz CT molecular complexity index is 149. The van der Waals surface area contributed by atoms with E-state index in [1.165, 1.54) is 0 Å². The molecule has 0 aromatic heterocycles. The van der Waals surface area contributed by atoms with Crippen molar-refractivity contribution in [1.82, 2.24) is 5.32 Å². The Balaban J connectivity index is 2.29. The summed E-state index contributed by atoms with van der Waals surface area (Å²) in [7, 11) is 0. The lowest BCUT2D eigenvalue weighted by Crippen LogP contribution is -2.29. The number of carboxylic acid groups (broad SMARTS) is 1. The van der Waals surface area contributed by atoms with Crippen molar-refractivity contribution in [2.24, 2.45) is 11.7 Å². The summed E-state index contributed by atoms with van der Waals surface area (Å²) in [4.78, 5) is 10.5. The maximum absolute atomic E-state index is 10.5. The standard InChI is InChI=1S/C7H14N2O2/c8-2-1-5-3-6(7(10)11)9-4-5/h5-6,9H,1-4,8H2,(H,10,11)/t5-,6+/m1/s1. The Hall–Kier alpha value is -0.610. The van der Waals surface area contributed by atoms with Crippen LogP contribution in [0.4, 0.5) is 0 Å². The molecule has 0 radical (unpaired) electrons. The summed E-state index contributed by atoms with van der Waals surface area (Å²) >= 11 is 0. The number of aliphatic carboxylic acids is 1. The maximum Gasteiger partial charge on any atom is 0.320 e. The van der Waals surface area contributed by atoms with Crippen molar-refractivity contribution in [1.29, 1.82) is 0 Å². The first-order chi connectivity index (χ1) is 5.24. The molecule has 0 aromatic rings. The first-order valence-corrected chi connectivity index (χ1v) is 3.90. The Labute approximate surface area is 65.8 Å². The van der Waals surface area contributed by atoms with Gasteiger partial charge in [0.05, 0.1) is 0 Å². The van der Waals surface area contributed by atoms with Gasteiger partial charge in [0.15, 0.2) is 0 Å². The molecular weight excluding hydrogens is 144 g/mol. The van der Waals surface area contributed by atoms with Crippen LogP contribution in [0.2, 0.25) is 0 Å². The molecule has 1 saturated heterocycles. The second-order valence-corrected chi connectivity index (χ2v) is 2.98. The molecule has 0 aromatic carbocycles. The molecule has 4 N–H and O–H groups in total. The highest BCUT2D eigenvalue weighted by Gasteiger charge is 2.28. The molecule has 2 atom stereocenters. The molecule has 1 heterocycles. The average molecular weight is 158 g/mol. The van der Waals surface area contributed by atoms with Gasteiger partial charge in [-0.15, -0.1) is 0 Å². The predicted molar refractivity (Wildman–Crippen MR) is 41.2 cm³/mol. The van der Waals surface area contributed by atoms with Crippen LogP contribution in [-0.4, -0.2) is 30.2 Å². The fraction of sp³-hybridized carbons (Fsp3) is 0.857. The van der Waals surface area contributed by atoms with Crippen molar-refractivity contribution in [3.8, 4) is 0 Å². The van der Waals surface area contributed by atoms with Gasteiger partial charge < -0.3 is 16.2 Å². The zero-order chi connectivity index (χ0) is 8.27. The molecular formula is C7H14N2O2. The van der Waals surface area contributed by atoms with Crippen molar-refractivity contribution in [2.45, 2.75) is 18.9 Å². The highest BCUT2D eigenvalue weighted by atomic mass is 16.4. The normalized spacial score (nSPS) is 30.6. The van der Waals surface area contributed by atoms with Gasteiger partial charge in [-0.2, -0.15) is 0 Å². The molecule has 4 nitrogen and oxygen atoms in total. The molecule has 11 heavy (non-hydrogen) atoms. The highest BCUT2D eigenvalue weighted by Crippen LogP contribution is 2.16. The van der Waals surface area contributed by atoms with E-state index >= 15 is 0 Å². The fourth-order valence-electron chi connectivity index (χ4n) is 1.45. The number of carboxylic acids is 1. The van der Waals surface area contributed by atoms with Crippen LogP contribution < -0.4 is 11.1 Å². The Kier molecular flexibility index (Phi) is 2.84. The monoisotopic (exact) mass is 158 g/mol. The second-order valence-electron chi connectivity index (χ2n) is 2.98.